The van der Waals surface area contributed by atoms with Crippen molar-refractivity contribution < 1.29 is 4.74 Å². The monoisotopic (exact) mass is 270 g/mol. The third kappa shape index (κ3) is 3.05. The number of hydrogen-bond acceptors (Lipinski definition) is 1. The molecule has 0 saturated carbocycles. The van der Waals surface area contributed by atoms with Gasteiger partial charge in [-0.1, -0.05) is 54.4 Å². The fourth-order valence-electron chi connectivity index (χ4n) is 1.81. The van der Waals surface area contributed by atoms with Crippen LogP contribution in [0.1, 0.15) is 38.0 Å². The molecule has 1 rings (SSSR count). The Kier molecular flexibility index (Phi) is 3.96. The summed E-state index contributed by atoms with van der Waals surface area (Å²) in [5.41, 5.74) is 2.59. The third-order valence-corrected chi connectivity index (χ3v) is 3.18. The fourth-order valence-corrected chi connectivity index (χ4v) is 2.27. The molecule has 1 aromatic rings. The van der Waals surface area contributed by atoms with E-state index in [1.54, 1.807) is 7.11 Å². The van der Waals surface area contributed by atoms with Crippen LogP contribution in [0.4, 0.5) is 0 Å². The van der Waals surface area contributed by atoms with Crippen molar-refractivity contribution in [1.82, 2.24) is 0 Å². The molecule has 0 spiro atoms. The van der Waals surface area contributed by atoms with Gasteiger partial charge in [0.15, 0.2) is 0 Å². The lowest BCUT2D eigenvalue weighted by atomic mass is 9.84. The highest BCUT2D eigenvalue weighted by atomic mass is 79.9. The van der Waals surface area contributed by atoms with E-state index < -0.39 is 0 Å². The van der Waals surface area contributed by atoms with Crippen molar-refractivity contribution in [3.8, 4) is 0 Å². The first-order chi connectivity index (χ1) is 6.86. The average Bonchev–Trinajstić information content (AvgIpc) is 2.10. The van der Waals surface area contributed by atoms with Crippen LogP contribution in [0.25, 0.3) is 0 Å². The van der Waals surface area contributed by atoms with E-state index in [0.29, 0.717) is 0 Å². The second kappa shape index (κ2) is 4.67. The van der Waals surface area contributed by atoms with Crippen LogP contribution in [-0.2, 0) is 4.74 Å². The molecule has 0 fully saturated rings. The van der Waals surface area contributed by atoms with Crippen LogP contribution in [-0.4, -0.2) is 7.11 Å². The van der Waals surface area contributed by atoms with Crippen molar-refractivity contribution in [3.63, 3.8) is 0 Å². The second-order valence-corrected chi connectivity index (χ2v) is 5.86. The minimum atomic E-state index is 0.102. The molecule has 1 atom stereocenters. The molecule has 15 heavy (non-hydrogen) atoms. The number of aryl methyl sites for hydroxylation is 1. The van der Waals surface area contributed by atoms with Crippen LogP contribution in [0, 0.1) is 12.3 Å². The summed E-state index contributed by atoms with van der Waals surface area (Å²) in [4.78, 5) is 0. The first kappa shape index (κ1) is 12.7. The smallest absolute Gasteiger partial charge is 0.0880 e. The Morgan fingerprint density at radius 1 is 1.27 bits per heavy atom. The molecule has 1 aromatic carbocycles. The summed E-state index contributed by atoms with van der Waals surface area (Å²) in [6.07, 6.45) is 0.117. The van der Waals surface area contributed by atoms with E-state index in [-0.39, 0.29) is 11.5 Å². The Labute approximate surface area is 101 Å². The number of halogens is 1. The van der Waals surface area contributed by atoms with Gasteiger partial charge in [-0.2, -0.15) is 0 Å². The summed E-state index contributed by atoms with van der Waals surface area (Å²) in [5.74, 6) is 0. The average molecular weight is 271 g/mol. The maximum Gasteiger partial charge on any atom is 0.0880 e. The van der Waals surface area contributed by atoms with Crippen molar-refractivity contribution in [3.05, 3.63) is 33.8 Å². The Morgan fingerprint density at radius 2 is 1.87 bits per heavy atom. The maximum atomic E-state index is 5.61. The van der Waals surface area contributed by atoms with Crippen LogP contribution in [0.2, 0.25) is 0 Å². The van der Waals surface area contributed by atoms with Crippen LogP contribution in [0.3, 0.4) is 0 Å². The number of benzene rings is 1. The quantitative estimate of drug-likeness (QED) is 0.770. The molecular weight excluding hydrogens is 252 g/mol. The molecule has 0 heterocycles. The Bertz CT molecular complexity index is 339. The van der Waals surface area contributed by atoms with E-state index >= 15 is 0 Å². The van der Waals surface area contributed by atoms with Gasteiger partial charge in [-0.05, 0) is 24.0 Å². The number of hydrogen-bond donors (Lipinski definition) is 0. The van der Waals surface area contributed by atoms with E-state index in [1.807, 2.05) is 0 Å². The Balaban J connectivity index is 3.18. The van der Waals surface area contributed by atoms with Gasteiger partial charge in [0, 0.05) is 11.6 Å². The zero-order valence-electron chi connectivity index (χ0n) is 10.1. The zero-order chi connectivity index (χ0) is 11.6. The van der Waals surface area contributed by atoms with E-state index in [0.717, 1.165) is 4.47 Å². The summed E-state index contributed by atoms with van der Waals surface area (Å²) < 4.78 is 6.73. The standard InChI is InChI=1S/C13H19BrO/c1-9-6-7-11(14)10(8-9)12(15-5)13(2,3)4/h6-8,12H,1-5H3. The van der Waals surface area contributed by atoms with Gasteiger partial charge in [0.05, 0.1) is 6.10 Å². The molecular formula is C13H19BrO. The molecule has 0 N–H and O–H groups in total. The lowest BCUT2D eigenvalue weighted by Crippen LogP contribution is -2.20. The lowest BCUT2D eigenvalue weighted by molar-refractivity contribution is 0.0146. The van der Waals surface area contributed by atoms with Crippen LogP contribution < -0.4 is 0 Å². The molecule has 84 valence electrons. The predicted molar refractivity (Wildman–Crippen MR) is 68.1 cm³/mol. The summed E-state index contributed by atoms with van der Waals surface area (Å²) in [6, 6.07) is 6.37. The first-order valence-corrected chi connectivity index (χ1v) is 5.94. The molecule has 0 aliphatic heterocycles. The molecule has 0 saturated heterocycles. The van der Waals surface area contributed by atoms with Crippen molar-refractivity contribution in [2.75, 3.05) is 7.11 Å². The number of methoxy groups -OCH3 is 1. The summed E-state index contributed by atoms with van der Waals surface area (Å²) in [6.45, 7) is 8.67. The highest BCUT2D eigenvalue weighted by Gasteiger charge is 2.27. The largest absolute Gasteiger partial charge is 0.376 e. The van der Waals surface area contributed by atoms with Crippen molar-refractivity contribution >= 4 is 15.9 Å². The van der Waals surface area contributed by atoms with Crippen molar-refractivity contribution in [2.24, 2.45) is 5.41 Å². The summed E-state index contributed by atoms with van der Waals surface area (Å²) >= 11 is 3.58. The molecule has 0 radical (unpaired) electrons. The van der Waals surface area contributed by atoms with Gasteiger partial charge in [0.2, 0.25) is 0 Å². The normalized spacial score (nSPS) is 14.0. The topological polar surface area (TPSA) is 9.23 Å². The highest BCUT2D eigenvalue weighted by Crippen LogP contribution is 2.39. The molecule has 1 nitrogen and oxygen atoms in total. The summed E-state index contributed by atoms with van der Waals surface area (Å²) in [7, 11) is 1.77. The first-order valence-electron chi connectivity index (χ1n) is 5.15. The van der Waals surface area contributed by atoms with Gasteiger partial charge in [-0.25, -0.2) is 0 Å². The summed E-state index contributed by atoms with van der Waals surface area (Å²) in [5, 5.41) is 0. The predicted octanol–water partition coefficient (Wildman–Crippen LogP) is 4.49. The molecule has 1 unspecified atom stereocenters. The van der Waals surface area contributed by atoms with Gasteiger partial charge < -0.3 is 4.74 Å². The molecule has 0 bridgehead atoms. The lowest BCUT2D eigenvalue weighted by Gasteiger charge is -2.30. The van der Waals surface area contributed by atoms with Gasteiger partial charge in [-0.15, -0.1) is 0 Å². The third-order valence-electron chi connectivity index (χ3n) is 2.46. The van der Waals surface area contributed by atoms with Crippen LogP contribution in [0.5, 0.6) is 0 Å². The van der Waals surface area contributed by atoms with E-state index in [4.69, 9.17) is 4.74 Å². The van der Waals surface area contributed by atoms with Crippen molar-refractivity contribution in [2.45, 2.75) is 33.8 Å². The Morgan fingerprint density at radius 3 is 2.33 bits per heavy atom. The van der Waals surface area contributed by atoms with E-state index in [1.165, 1.54) is 11.1 Å². The minimum Gasteiger partial charge on any atom is -0.376 e. The van der Waals surface area contributed by atoms with Crippen LogP contribution >= 0.6 is 15.9 Å². The molecule has 2 heteroatoms. The number of rotatable bonds is 2. The van der Waals surface area contributed by atoms with Gasteiger partial charge in [0.1, 0.15) is 0 Å². The van der Waals surface area contributed by atoms with Gasteiger partial charge in [0.25, 0.3) is 0 Å². The van der Waals surface area contributed by atoms with Gasteiger partial charge >= 0.3 is 0 Å². The van der Waals surface area contributed by atoms with E-state index in [9.17, 15) is 0 Å². The molecule has 0 aliphatic carbocycles. The van der Waals surface area contributed by atoms with Crippen LogP contribution in [0.15, 0.2) is 22.7 Å². The molecule has 0 aliphatic rings. The minimum absolute atomic E-state index is 0.102. The maximum absolute atomic E-state index is 5.61. The zero-order valence-corrected chi connectivity index (χ0v) is 11.7. The van der Waals surface area contributed by atoms with Crippen molar-refractivity contribution in [1.29, 1.82) is 0 Å². The second-order valence-electron chi connectivity index (χ2n) is 5.01. The van der Waals surface area contributed by atoms with E-state index in [2.05, 4.69) is 61.8 Å². The molecule has 0 amide bonds. The fraction of sp³-hybridized carbons (Fsp3) is 0.538. The number of ether oxygens (including phenoxy) is 1. The SMILES string of the molecule is COC(c1cc(C)ccc1Br)C(C)(C)C. The van der Waals surface area contributed by atoms with Gasteiger partial charge in [-0.3, -0.25) is 0 Å². The highest BCUT2D eigenvalue weighted by molar-refractivity contribution is 9.10. The Hall–Kier alpha value is -0.340. The molecule has 0 aromatic heterocycles.